The van der Waals surface area contributed by atoms with E-state index >= 15 is 0 Å². The number of hydrogen-bond acceptors (Lipinski definition) is 4. The minimum Gasteiger partial charge on any atom is -0.491 e. The summed E-state index contributed by atoms with van der Waals surface area (Å²) in [7, 11) is 2.06. The van der Waals surface area contributed by atoms with Crippen molar-refractivity contribution in [1.82, 2.24) is 10.2 Å². The number of halogens is 6. The number of rotatable bonds is 8. The Bertz CT molecular complexity index is 894. The fraction of sp³-hybridized carbons (Fsp3) is 0.500. The van der Waals surface area contributed by atoms with Crippen molar-refractivity contribution < 1.29 is 31.1 Å². The molecule has 188 valence electrons. The summed E-state index contributed by atoms with van der Waals surface area (Å²) in [6.07, 6.45) is -7.54. The van der Waals surface area contributed by atoms with Gasteiger partial charge < -0.3 is 20.7 Å². The highest BCUT2D eigenvalue weighted by Crippen LogP contribution is 2.38. The van der Waals surface area contributed by atoms with Crippen LogP contribution in [0, 0.1) is 0 Å². The first kappa shape index (κ1) is 26.3. The average Bonchev–Trinajstić information content (AvgIpc) is 2.78. The second kappa shape index (κ2) is 10.5. The normalized spacial score (nSPS) is 18.0. The third kappa shape index (κ3) is 7.10. The SMILES string of the molecule is CN1CCC(NCCC(N)(COc2cc(C(F)(F)F)cc(C(F)(F)F)c2)c2ccccc2)CC1. The van der Waals surface area contributed by atoms with Crippen molar-refractivity contribution in [2.45, 2.75) is 43.2 Å². The van der Waals surface area contributed by atoms with Gasteiger partial charge in [0, 0.05) is 6.04 Å². The van der Waals surface area contributed by atoms with Crippen LogP contribution in [0.3, 0.4) is 0 Å². The number of nitrogens with zero attached hydrogens (tertiary/aromatic N) is 1. The Kier molecular flexibility index (Phi) is 8.15. The van der Waals surface area contributed by atoms with Gasteiger partial charge in [0.1, 0.15) is 12.4 Å². The molecule has 0 spiro atoms. The van der Waals surface area contributed by atoms with E-state index in [4.69, 9.17) is 10.5 Å². The van der Waals surface area contributed by atoms with Crippen LogP contribution in [0.4, 0.5) is 26.3 Å². The first-order valence-electron chi connectivity index (χ1n) is 11.1. The maximum atomic E-state index is 13.2. The molecule has 0 aliphatic carbocycles. The second-order valence-corrected chi connectivity index (χ2v) is 8.83. The number of nitrogens with one attached hydrogen (secondary N) is 1. The number of ether oxygens (including phenoxy) is 1. The number of nitrogens with two attached hydrogens (primary N) is 1. The minimum absolute atomic E-state index is 0.0747. The first-order chi connectivity index (χ1) is 15.9. The second-order valence-electron chi connectivity index (χ2n) is 8.83. The van der Waals surface area contributed by atoms with Crippen molar-refractivity contribution in [1.29, 1.82) is 0 Å². The number of piperidine rings is 1. The Morgan fingerprint density at radius 2 is 1.47 bits per heavy atom. The van der Waals surface area contributed by atoms with E-state index in [-0.39, 0.29) is 12.7 Å². The highest BCUT2D eigenvalue weighted by molar-refractivity contribution is 5.37. The van der Waals surface area contributed by atoms with Crippen LogP contribution in [-0.4, -0.2) is 44.2 Å². The lowest BCUT2D eigenvalue weighted by Gasteiger charge is -2.33. The molecule has 0 saturated carbocycles. The van der Waals surface area contributed by atoms with Crippen LogP contribution in [-0.2, 0) is 17.9 Å². The largest absolute Gasteiger partial charge is 0.491 e. The molecule has 1 saturated heterocycles. The Morgan fingerprint density at radius 1 is 0.912 bits per heavy atom. The average molecular weight is 490 g/mol. The van der Waals surface area contributed by atoms with E-state index in [1.165, 1.54) is 0 Å². The van der Waals surface area contributed by atoms with Gasteiger partial charge in [0.05, 0.1) is 16.7 Å². The van der Waals surface area contributed by atoms with Crippen LogP contribution in [0.2, 0.25) is 0 Å². The molecule has 0 amide bonds. The highest BCUT2D eigenvalue weighted by Gasteiger charge is 2.37. The van der Waals surface area contributed by atoms with Gasteiger partial charge in [-0.3, -0.25) is 0 Å². The number of hydrogen-bond donors (Lipinski definition) is 2. The van der Waals surface area contributed by atoms with E-state index in [0.717, 1.165) is 25.9 Å². The smallest absolute Gasteiger partial charge is 0.416 e. The minimum atomic E-state index is -4.95. The lowest BCUT2D eigenvalue weighted by atomic mass is 9.88. The predicted octanol–water partition coefficient (Wildman–Crippen LogP) is 5.03. The van der Waals surface area contributed by atoms with Gasteiger partial charge in [-0.2, -0.15) is 26.3 Å². The summed E-state index contributed by atoms with van der Waals surface area (Å²) in [6, 6.07) is 10.4. The molecular weight excluding hydrogens is 460 g/mol. The van der Waals surface area contributed by atoms with E-state index in [1.54, 1.807) is 30.3 Å². The van der Waals surface area contributed by atoms with E-state index < -0.39 is 34.8 Å². The summed E-state index contributed by atoms with van der Waals surface area (Å²) in [5.74, 6) is -0.531. The molecule has 0 radical (unpaired) electrons. The van der Waals surface area contributed by atoms with E-state index in [1.807, 2.05) is 0 Å². The van der Waals surface area contributed by atoms with Crippen molar-refractivity contribution in [2.24, 2.45) is 5.73 Å². The molecular formula is C24H29F6N3O. The maximum absolute atomic E-state index is 13.2. The maximum Gasteiger partial charge on any atom is 0.416 e. The number of likely N-dealkylation sites (tertiary alicyclic amines) is 1. The van der Waals surface area contributed by atoms with Crippen molar-refractivity contribution in [3.8, 4) is 5.75 Å². The van der Waals surface area contributed by atoms with E-state index in [9.17, 15) is 26.3 Å². The Hall–Kier alpha value is -2.30. The standard InChI is InChI=1S/C24H29F6N3O/c1-33-11-7-20(8-12-33)32-10-9-22(31,17-5-3-2-4-6-17)16-34-21-14-18(23(25,26)27)13-19(15-21)24(28,29)30/h2-6,13-15,20,32H,7-12,16,31H2,1H3. The Morgan fingerprint density at radius 3 is 2.00 bits per heavy atom. The predicted molar refractivity (Wildman–Crippen MR) is 117 cm³/mol. The molecule has 1 unspecified atom stereocenters. The summed E-state index contributed by atoms with van der Waals surface area (Å²) >= 11 is 0. The van der Waals surface area contributed by atoms with Crippen molar-refractivity contribution >= 4 is 0 Å². The third-order valence-electron chi connectivity index (χ3n) is 6.13. The summed E-state index contributed by atoms with van der Waals surface area (Å²) in [5, 5.41) is 3.46. The lowest BCUT2D eigenvalue weighted by Crippen LogP contribution is -2.47. The summed E-state index contributed by atoms with van der Waals surface area (Å²) in [4.78, 5) is 2.24. The monoisotopic (exact) mass is 489 g/mol. The van der Waals surface area contributed by atoms with Crippen LogP contribution in [0.15, 0.2) is 48.5 Å². The summed E-state index contributed by atoms with van der Waals surface area (Å²) in [6.45, 7) is 2.19. The van der Waals surface area contributed by atoms with Gasteiger partial charge in [-0.05, 0) is 69.7 Å². The fourth-order valence-corrected chi connectivity index (χ4v) is 4.00. The number of alkyl halides is 6. The molecule has 1 heterocycles. The van der Waals surface area contributed by atoms with Gasteiger partial charge in [0.25, 0.3) is 0 Å². The third-order valence-corrected chi connectivity index (χ3v) is 6.13. The molecule has 2 aromatic rings. The molecule has 1 atom stereocenters. The zero-order valence-corrected chi connectivity index (χ0v) is 18.8. The van der Waals surface area contributed by atoms with E-state index in [0.29, 0.717) is 36.7 Å². The Balaban J connectivity index is 1.76. The van der Waals surface area contributed by atoms with E-state index in [2.05, 4.69) is 17.3 Å². The van der Waals surface area contributed by atoms with Gasteiger partial charge in [0.2, 0.25) is 0 Å². The van der Waals surface area contributed by atoms with Crippen LogP contribution in [0.25, 0.3) is 0 Å². The number of benzene rings is 2. The zero-order chi connectivity index (χ0) is 25.0. The Labute approximate surface area is 195 Å². The molecule has 3 N–H and O–H groups in total. The molecule has 0 bridgehead atoms. The zero-order valence-electron chi connectivity index (χ0n) is 18.8. The molecule has 1 aliphatic heterocycles. The van der Waals surface area contributed by atoms with Gasteiger partial charge in [0.15, 0.2) is 0 Å². The molecule has 1 aliphatic rings. The van der Waals surface area contributed by atoms with Crippen LogP contribution in [0.1, 0.15) is 36.0 Å². The summed E-state index contributed by atoms with van der Waals surface area (Å²) < 4.78 is 84.6. The van der Waals surface area contributed by atoms with Crippen molar-refractivity contribution in [3.05, 3.63) is 65.2 Å². The fourth-order valence-electron chi connectivity index (χ4n) is 4.00. The first-order valence-corrected chi connectivity index (χ1v) is 11.1. The molecule has 34 heavy (non-hydrogen) atoms. The van der Waals surface area contributed by atoms with Crippen LogP contribution >= 0.6 is 0 Å². The quantitative estimate of drug-likeness (QED) is 0.511. The summed E-state index contributed by atoms with van der Waals surface area (Å²) in [5.41, 5.74) is 3.35. The molecule has 2 aromatic carbocycles. The lowest BCUT2D eigenvalue weighted by molar-refractivity contribution is -0.143. The molecule has 3 rings (SSSR count). The van der Waals surface area contributed by atoms with Gasteiger partial charge in [-0.25, -0.2) is 0 Å². The van der Waals surface area contributed by atoms with Crippen LogP contribution < -0.4 is 15.8 Å². The van der Waals surface area contributed by atoms with Gasteiger partial charge in [-0.1, -0.05) is 30.3 Å². The van der Waals surface area contributed by atoms with Gasteiger partial charge >= 0.3 is 12.4 Å². The van der Waals surface area contributed by atoms with Crippen molar-refractivity contribution in [2.75, 3.05) is 33.3 Å². The topological polar surface area (TPSA) is 50.5 Å². The highest BCUT2D eigenvalue weighted by atomic mass is 19.4. The molecule has 4 nitrogen and oxygen atoms in total. The van der Waals surface area contributed by atoms with Crippen LogP contribution in [0.5, 0.6) is 5.75 Å². The molecule has 0 aromatic heterocycles. The van der Waals surface area contributed by atoms with Crippen molar-refractivity contribution in [3.63, 3.8) is 0 Å². The molecule has 1 fully saturated rings. The van der Waals surface area contributed by atoms with Gasteiger partial charge in [-0.15, -0.1) is 0 Å². The molecule has 10 heteroatoms.